The zero-order chi connectivity index (χ0) is 12.3. The lowest BCUT2D eigenvalue weighted by Gasteiger charge is -2.15. The van der Waals surface area contributed by atoms with Crippen molar-refractivity contribution >= 4 is 11.4 Å². The lowest BCUT2D eigenvalue weighted by Crippen LogP contribution is -2.09. The van der Waals surface area contributed by atoms with Crippen LogP contribution in [0.1, 0.15) is 18.7 Å². The molecule has 1 unspecified atom stereocenters. The number of anilines is 2. The van der Waals surface area contributed by atoms with Gasteiger partial charge in [0.1, 0.15) is 5.82 Å². The summed E-state index contributed by atoms with van der Waals surface area (Å²) in [4.78, 5) is 4.21. The van der Waals surface area contributed by atoms with Gasteiger partial charge in [-0.1, -0.05) is 6.07 Å². The highest BCUT2D eigenvalue weighted by Gasteiger charge is 2.09. The number of nitrogens with zero attached hydrogens (tertiary/aromatic N) is 1. The minimum Gasteiger partial charge on any atom is -0.399 e. The fraction of sp³-hybridized carbons (Fsp3) is 0.154. The maximum absolute atomic E-state index is 13.6. The molecule has 1 aromatic carbocycles. The van der Waals surface area contributed by atoms with Gasteiger partial charge in [-0.05, 0) is 37.3 Å². The van der Waals surface area contributed by atoms with Gasteiger partial charge >= 0.3 is 0 Å². The molecule has 4 heteroatoms. The summed E-state index contributed by atoms with van der Waals surface area (Å²) in [5.74, 6) is -0.354. The molecule has 3 N–H and O–H groups in total. The Morgan fingerprint density at radius 1 is 1.29 bits per heavy atom. The van der Waals surface area contributed by atoms with Gasteiger partial charge in [-0.3, -0.25) is 4.98 Å². The van der Waals surface area contributed by atoms with Crippen LogP contribution in [0, 0.1) is 5.82 Å². The summed E-state index contributed by atoms with van der Waals surface area (Å²) in [7, 11) is 0. The second-order valence-corrected chi connectivity index (χ2v) is 3.86. The van der Waals surface area contributed by atoms with Crippen molar-refractivity contribution in [2.24, 2.45) is 0 Å². The van der Waals surface area contributed by atoms with Crippen molar-refractivity contribution in [3.63, 3.8) is 0 Å². The molecule has 1 atom stereocenters. The third kappa shape index (κ3) is 2.72. The first-order valence-electron chi connectivity index (χ1n) is 5.39. The Hall–Kier alpha value is -2.10. The lowest BCUT2D eigenvalue weighted by atomic mass is 10.2. The van der Waals surface area contributed by atoms with Crippen LogP contribution in [-0.2, 0) is 0 Å². The van der Waals surface area contributed by atoms with E-state index in [1.165, 1.54) is 6.07 Å². The number of nitrogens with two attached hydrogens (primary N) is 1. The topological polar surface area (TPSA) is 50.9 Å². The van der Waals surface area contributed by atoms with Gasteiger partial charge in [-0.25, -0.2) is 4.39 Å². The Bertz CT molecular complexity index is 499. The molecule has 0 radical (unpaired) electrons. The van der Waals surface area contributed by atoms with E-state index in [2.05, 4.69) is 10.3 Å². The van der Waals surface area contributed by atoms with Gasteiger partial charge in [0, 0.05) is 11.9 Å². The number of nitrogens with one attached hydrogen (secondary N) is 1. The van der Waals surface area contributed by atoms with Crippen LogP contribution in [-0.4, -0.2) is 4.98 Å². The normalized spacial score (nSPS) is 12.1. The summed E-state index contributed by atoms with van der Waals surface area (Å²) in [5, 5.41) is 3.06. The molecule has 2 aromatic rings. The summed E-state index contributed by atoms with van der Waals surface area (Å²) in [6, 6.07) is 10.2. The minimum atomic E-state index is -0.354. The molecule has 1 aromatic heterocycles. The lowest BCUT2D eigenvalue weighted by molar-refractivity contribution is 0.627. The van der Waals surface area contributed by atoms with Crippen molar-refractivity contribution in [1.29, 1.82) is 0 Å². The van der Waals surface area contributed by atoms with E-state index < -0.39 is 0 Å². The third-order valence-electron chi connectivity index (χ3n) is 2.50. The first-order chi connectivity index (χ1) is 8.16. The van der Waals surface area contributed by atoms with Crippen molar-refractivity contribution in [2.45, 2.75) is 13.0 Å². The van der Waals surface area contributed by atoms with E-state index in [0.717, 1.165) is 5.69 Å². The first kappa shape index (κ1) is 11.4. The number of nitrogen functional groups attached to an aromatic ring is 1. The predicted molar refractivity (Wildman–Crippen MR) is 67.1 cm³/mol. The summed E-state index contributed by atoms with van der Waals surface area (Å²) >= 11 is 0. The molecule has 0 saturated heterocycles. The molecule has 0 fully saturated rings. The number of pyridine rings is 1. The Kier molecular flexibility index (Phi) is 3.23. The maximum atomic E-state index is 13.6. The molecule has 0 aliphatic carbocycles. The van der Waals surface area contributed by atoms with Gasteiger partial charge in [0.15, 0.2) is 0 Å². The molecule has 0 aliphatic heterocycles. The number of aromatic nitrogens is 1. The largest absolute Gasteiger partial charge is 0.399 e. The second-order valence-electron chi connectivity index (χ2n) is 3.86. The molecular weight excluding hydrogens is 217 g/mol. The van der Waals surface area contributed by atoms with Crippen molar-refractivity contribution in [3.05, 3.63) is 54.1 Å². The summed E-state index contributed by atoms with van der Waals surface area (Å²) in [6.45, 7) is 1.93. The zero-order valence-electron chi connectivity index (χ0n) is 9.52. The average Bonchev–Trinajstić information content (AvgIpc) is 2.34. The molecule has 0 spiro atoms. The highest BCUT2D eigenvalue weighted by molar-refractivity contribution is 5.53. The number of hydrogen-bond acceptors (Lipinski definition) is 3. The monoisotopic (exact) mass is 231 g/mol. The highest BCUT2D eigenvalue weighted by Crippen LogP contribution is 2.21. The Morgan fingerprint density at radius 3 is 2.76 bits per heavy atom. The van der Waals surface area contributed by atoms with Gasteiger partial charge in [-0.15, -0.1) is 0 Å². The van der Waals surface area contributed by atoms with Gasteiger partial charge < -0.3 is 11.1 Å². The first-order valence-corrected chi connectivity index (χ1v) is 5.39. The number of hydrogen-bond donors (Lipinski definition) is 2. The molecule has 88 valence electrons. The van der Waals surface area contributed by atoms with Crippen LogP contribution in [0.15, 0.2) is 42.6 Å². The second kappa shape index (κ2) is 4.82. The molecule has 17 heavy (non-hydrogen) atoms. The van der Waals surface area contributed by atoms with E-state index in [1.807, 2.05) is 25.1 Å². The smallest absolute Gasteiger partial charge is 0.148 e. The van der Waals surface area contributed by atoms with Crippen LogP contribution in [0.4, 0.5) is 15.8 Å². The van der Waals surface area contributed by atoms with Crippen molar-refractivity contribution in [2.75, 3.05) is 11.1 Å². The zero-order valence-corrected chi connectivity index (χ0v) is 9.52. The number of rotatable bonds is 3. The van der Waals surface area contributed by atoms with Crippen LogP contribution in [0.25, 0.3) is 0 Å². The van der Waals surface area contributed by atoms with Crippen molar-refractivity contribution in [1.82, 2.24) is 4.98 Å². The molecule has 0 amide bonds. The average molecular weight is 231 g/mol. The number of halogens is 1. The van der Waals surface area contributed by atoms with Gasteiger partial charge in [0.05, 0.1) is 17.4 Å². The molecule has 3 nitrogen and oxygen atoms in total. The molecule has 1 heterocycles. The summed E-state index contributed by atoms with van der Waals surface area (Å²) in [5.41, 5.74) is 7.20. The van der Waals surface area contributed by atoms with E-state index in [9.17, 15) is 4.39 Å². The van der Waals surface area contributed by atoms with E-state index in [1.54, 1.807) is 18.3 Å². The third-order valence-corrected chi connectivity index (χ3v) is 2.50. The van der Waals surface area contributed by atoms with E-state index in [4.69, 9.17) is 5.73 Å². The van der Waals surface area contributed by atoms with Crippen LogP contribution in [0.3, 0.4) is 0 Å². The van der Waals surface area contributed by atoms with Crippen LogP contribution in [0.5, 0.6) is 0 Å². The standard InChI is InChI=1S/C13H14FN3/c1-9(12-4-2-3-7-16-12)17-13-6-5-10(15)8-11(13)14/h2-9,17H,15H2,1H3. The molecule has 0 bridgehead atoms. The molecule has 2 rings (SSSR count). The predicted octanol–water partition coefficient (Wildman–Crippen LogP) is 2.98. The van der Waals surface area contributed by atoms with E-state index >= 15 is 0 Å². The molecular formula is C13H14FN3. The maximum Gasteiger partial charge on any atom is 0.148 e. The fourth-order valence-corrected chi connectivity index (χ4v) is 1.59. The Morgan fingerprint density at radius 2 is 2.12 bits per heavy atom. The SMILES string of the molecule is CC(Nc1ccc(N)cc1F)c1ccccn1. The minimum absolute atomic E-state index is 0.0608. The van der Waals surface area contributed by atoms with Crippen LogP contribution >= 0.6 is 0 Å². The fourth-order valence-electron chi connectivity index (χ4n) is 1.59. The van der Waals surface area contributed by atoms with E-state index in [-0.39, 0.29) is 11.9 Å². The van der Waals surface area contributed by atoms with Crippen LogP contribution in [0.2, 0.25) is 0 Å². The summed E-state index contributed by atoms with van der Waals surface area (Å²) in [6.07, 6.45) is 1.72. The Labute approximate surface area is 99.5 Å². The number of benzene rings is 1. The van der Waals surface area contributed by atoms with Gasteiger partial charge in [-0.2, -0.15) is 0 Å². The van der Waals surface area contributed by atoms with Crippen molar-refractivity contribution in [3.8, 4) is 0 Å². The highest BCUT2D eigenvalue weighted by atomic mass is 19.1. The van der Waals surface area contributed by atoms with Crippen LogP contribution < -0.4 is 11.1 Å². The quantitative estimate of drug-likeness (QED) is 0.798. The van der Waals surface area contributed by atoms with E-state index in [0.29, 0.717) is 11.4 Å². The molecule has 0 aliphatic rings. The Balaban J connectivity index is 2.16. The molecule has 0 saturated carbocycles. The van der Waals surface area contributed by atoms with Crippen molar-refractivity contribution < 1.29 is 4.39 Å². The summed E-state index contributed by atoms with van der Waals surface area (Å²) < 4.78 is 13.6. The van der Waals surface area contributed by atoms with Gasteiger partial charge in [0.2, 0.25) is 0 Å². The van der Waals surface area contributed by atoms with Gasteiger partial charge in [0.25, 0.3) is 0 Å².